The Morgan fingerprint density at radius 1 is 0.926 bits per heavy atom. The van der Waals surface area contributed by atoms with Crippen LogP contribution in [0, 0.1) is 0 Å². The first-order valence-electron chi connectivity index (χ1n) is 7.87. The number of nitrogens with one attached hydrogen (secondary N) is 2. The van der Waals surface area contributed by atoms with E-state index >= 15 is 0 Å². The number of halogens is 1. The molecule has 0 atom stereocenters. The molecule has 4 rings (SSSR count). The van der Waals surface area contributed by atoms with Crippen molar-refractivity contribution in [2.24, 2.45) is 0 Å². The number of hydrazine groups is 1. The summed E-state index contributed by atoms with van der Waals surface area (Å²) >= 11 is 6.09. The van der Waals surface area contributed by atoms with Gasteiger partial charge in [-0.25, -0.2) is 0 Å². The second kappa shape index (κ2) is 7.08. The molecule has 0 aromatic heterocycles. The molecule has 0 aliphatic carbocycles. The number of hydrogen-bond acceptors (Lipinski definition) is 6. The van der Waals surface area contributed by atoms with E-state index in [2.05, 4.69) is 10.9 Å². The maximum Gasteiger partial charge on any atom is 0.269 e. The minimum Gasteiger partial charge on any atom is -0.454 e. The Morgan fingerprint density at radius 2 is 1.70 bits per heavy atom. The number of carbonyl (C=O) groups is 2. The lowest BCUT2D eigenvalue weighted by atomic mass is 10.2. The van der Waals surface area contributed by atoms with E-state index < -0.39 is 11.8 Å². The van der Waals surface area contributed by atoms with Crippen molar-refractivity contribution in [3.8, 4) is 23.0 Å². The molecule has 2 aliphatic rings. The fraction of sp³-hybridized carbons (Fsp3) is 0.111. The van der Waals surface area contributed by atoms with Gasteiger partial charge in [-0.2, -0.15) is 0 Å². The van der Waals surface area contributed by atoms with Crippen LogP contribution in [0.25, 0.3) is 6.08 Å². The van der Waals surface area contributed by atoms with E-state index in [1.165, 1.54) is 18.2 Å². The molecule has 0 unspecified atom stereocenters. The molecule has 0 spiro atoms. The summed E-state index contributed by atoms with van der Waals surface area (Å²) in [5.74, 6) is 1.04. The average Bonchev–Trinajstić information content (AvgIpc) is 3.32. The third-order valence-corrected chi connectivity index (χ3v) is 4.09. The van der Waals surface area contributed by atoms with E-state index in [9.17, 15) is 9.59 Å². The van der Waals surface area contributed by atoms with Gasteiger partial charge in [-0.05, 0) is 42.0 Å². The summed E-state index contributed by atoms with van der Waals surface area (Å²) in [7, 11) is 0. The molecule has 0 saturated carbocycles. The Hall–Kier alpha value is -3.39. The van der Waals surface area contributed by atoms with Gasteiger partial charge in [-0.1, -0.05) is 11.6 Å². The highest BCUT2D eigenvalue weighted by atomic mass is 35.5. The van der Waals surface area contributed by atoms with Gasteiger partial charge >= 0.3 is 0 Å². The van der Waals surface area contributed by atoms with Crippen LogP contribution in [0.2, 0.25) is 5.02 Å². The maximum absolute atomic E-state index is 12.1. The monoisotopic (exact) mass is 388 g/mol. The number of benzene rings is 2. The molecule has 2 aromatic carbocycles. The van der Waals surface area contributed by atoms with Gasteiger partial charge in [0.05, 0.1) is 5.02 Å². The van der Waals surface area contributed by atoms with Crippen LogP contribution in [0.5, 0.6) is 23.0 Å². The smallest absolute Gasteiger partial charge is 0.269 e. The van der Waals surface area contributed by atoms with E-state index in [4.69, 9.17) is 30.5 Å². The van der Waals surface area contributed by atoms with Crippen LogP contribution in [0.3, 0.4) is 0 Å². The topological polar surface area (TPSA) is 95.1 Å². The number of fused-ring (bicyclic) bond motifs is 2. The van der Waals surface area contributed by atoms with E-state index in [-0.39, 0.29) is 13.6 Å². The molecular formula is C18H13ClN2O6. The molecule has 9 heteroatoms. The number of carbonyl (C=O) groups excluding carboxylic acids is 2. The number of amides is 2. The maximum atomic E-state index is 12.1. The molecule has 0 bridgehead atoms. The van der Waals surface area contributed by atoms with E-state index in [0.717, 1.165) is 0 Å². The van der Waals surface area contributed by atoms with Gasteiger partial charge in [0.25, 0.3) is 11.8 Å². The van der Waals surface area contributed by atoms with Crippen molar-refractivity contribution in [2.75, 3.05) is 13.6 Å². The molecule has 27 heavy (non-hydrogen) atoms. The highest BCUT2D eigenvalue weighted by Gasteiger charge is 2.18. The fourth-order valence-electron chi connectivity index (χ4n) is 2.53. The number of rotatable bonds is 3. The summed E-state index contributed by atoms with van der Waals surface area (Å²) in [6.45, 7) is 0.223. The minimum absolute atomic E-state index is 0.106. The lowest BCUT2D eigenvalue weighted by Gasteiger charge is -2.06. The van der Waals surface area contributed by atoms with Crippen LogP contribution in [0.4, 0.5) is 0 Å². The molecule has 138 valence electrons. The Morgan fingerprint density at radius 3 is 2.59 bits per heavy atom. The van der Waals surface area contributed by atoms with Gasteiger partial charge in [-0.3, -0.25) is 20.4 Å². The fourth-order valence-corrected chi connectivity index (χ4v) is 2.80. The first kappa shape index (κ1) is 17.0. The Kier molecular flexibility index (Phi) is 4.47. The highest BCUT2D eigenvalue weighted by molar-refractivity contribution is 6.32. The molecule has 2 heterocycles. The quantitative estimate of drug-likeness (QED) is 0.618. The van der Waals surface area contributed by atoms with Crippen molar-refractivity contribution in [3.05, 3.63) is 52.6 Å². The third-order valence-electron chi connectivity index (χ3n) is 3.81. The zero-order chi connectivity index (χ0) is 18.8. The van der Waals surface area contributed by atoms with Gasteiger partial charge in [-0.15, -0.1) is 0 Å². The van der Waals surface area contributed by atoms with Crippen LogP contribution >= 0.6 is 11.6 Å². The van der Waals surface area contributed by atoms with Crippen molar-refractivity contribution in [3.63, 3.8) is 0 Å². The summed E-state index contributed by atoms with van der Waals surface area (Å²) in [6.07, 6.45) is 2.80. The van der Waals surface area contributed by atoms with Crippen LogP contribution in [0.1, 0.15) is 15.9 Å². The second-order valence-electron chi connectivity index (χ2n) is 5.58. The number of hydrogen-bond donors (Lipinski definition) is 2. The highest BCUT2D eigenvalue weighted by Crippen LogP contribution is 2.40. The van der Waals surface area contributed by atoms with Gasteiger partial charge in [0.15, 0.2) is 23.0 Å². The van der Waals surface area contributed by atoms with Gasteiger partial charge in [0.1, 0.15) is 0 Å². The molecule has 2 amide bonds. The zero-order valence-corrected chi connectivity index (χ0v) is 14.5. The van der Waals surface area contributed by atoms with Crippen molar-refractivity contribution < 1.29 is 28.5 Å². The molecular weight excluding hydrogens is 376 g/mol. The Balaban J connectivity index is 1.35. The zero-order valence-electron chi connectivity index (χ0n) is 13.8. The summed E-state index contributed by atoms with van der Waals surface area (Å²) < 4.78 is 20.9. The van der Waals surface area contributed by atoms with Crippen molar-refractivity contribution in [2.45, 2.75) is 0 Å². The third kappa shape index (κ3) is 3.61. The minimum atomic E-state index is -0.516. The largest absolute Gasteiger partial charge is 0.454 e. The van der Waals surface area contributed by atoms with Crippen molar-refractivity contribution >= 4 is 29.5 Å². The number of ether oxygens (including phenoxy) is 4. The van der Waals surface area contributed by atoms with E-state index in [1.807, 2.05) is 0 Å². The first-order chi connectivity index (χ1) is 13.1. The lowest BCUT2D eigenvalue weighted by Crippen LogP contribution is -2.40. The molecule has 0 saturated heterocycles. The molecule has 8 nitrogen and oxygen atoms in total. The molecule has 2 aliphatic heterocycles. The average molecular weight is 389 g/mol. The molecule has 0 fully saturated rings. The van der Waals surface area contributed by atoms with E-state index in [1.54, 1.807) is 24.3 Å². The van der Waals surface area contributed by atoms with E-state index in [0.29, 0.717) is 39.1 Å². The van der Waals surface area contributed by atoms with Gasteiger partial charge < -0.3 is 18.9 Å². The molecule has 2 N–H and O–H groups in total. The van der Waals surface area contributed by atoms with Crippen molar-refractivity contribution in [1.29, 1.82) is 0 Å². The van der Waals surface area contributed by atoms with Crippen LogP contribution in [0.15, 0.2) is 36.4 Å². The molecule has 0 radical (unpaired) electrons. The SMILES string of the molecule is O=C(C=Cc1cc(Cl)c2c(c1)OCO2)NNC(=O)c1ccc2c(c1)OCO2. The predicted molar refractivity (Wildman–Crippen MR) is 94.8 cm³/mol. The normalized spacial score (nSPS) is 13.7. The summed E-state index contributed by atoms with van der Waals surface area (Å²) in [6, 6.07) is 8.07. The second-order valence-corrected chi connectivity index (χ2v) is 5.99. The first-order valence-corrected chi connectivity index (χ1v) is 8.25. The Bertz CT molecular complexity index is 959. The van der Waals surface area contributed by atoms with Crippen LogP contribution in [-0.4, -0.2) is 25.4 Å². The predicted octanol–water partition coefficient (Wildman–Crippen LogP) is 2.27. The lowest BCUT2D eigenvalue weighted by molar-refractivity contribution is -0.117. The summed E-state index contributed by atoms with van der Waals surface area (Å²) in [5, 5.41) is 0.390. The van der Waals surface area contributed by atoms with Crippen LogP contribution < -0.4 is 29.8 Å². The summed E-state index contributed by atoms with van der Waals surface area (Å²) in [5.41, 5.74) is 5.60. The van der Waals surface area contributed by atoms with Gasteiger partial charge in [0.2, 0.25) is 13.6 Å². The van der Waals surface area contributed by atoms with Crippen LogP contribution in [-0.2, 0) is 4.79 Å². The summed E-state index contributed by atoms with van der Waals surface area (Å²) in [4.78, 5) is 24.0. The standard InChI is InChI=1S/C18H13ClN2O6/c19-12-5-10(6-15-17(12)27-9-26-15)1-4-16(22)20-21-18(23)11-2-3-13-14(7-11)25-8-24-13/h1-7H,8-9H2,(H,20,22)(H,21,23). The Labute approximate surface area is 158 Å². The molecule has 2 aromatic rings. The van der Waals surface area contributed by atoms with Crippen molar-refractivity contribution in [1.82, 2.24) is 10.9 Å². The van der Waals surface area contributed by atoms with Gasteiger partial charge in [0, 0.05) is 11.6 Å².